The predicted molar refractivity (Wildman–Crippen MR) is 103 cm³/mol. The molecule has 1 amide bonds. The summed E-state index contributed by atoms with van der Waals surface area (Å²) in [7, 11) is -3.65. The Bertz CT molecular complexity index is 867. The second-order valence-corrected chi connectivity index (χ2v) is 8.21. The number of amides is 1. The Kier molecular flexibility index (Phi) is 5.64. The Labute approximate surface area is 148 Å². The molecule has 5 nitrogen and oxygen atoms in total. The minimum Gasteiger partial charge on any atom is -0.326 e. The molecule has 0 spiro atoms. The molecule has 6 heteroatoms. The van der Waals surface area contributed by atoms with E-state index in [4.69, 9.17) is 0 Å². The summed E-state index contributed by atoms with van der Waals surface area (Å²) in [5, 5.41) is 3.89. The Hall–Kier alpha value is -2.60. The molecule has 0 bridgehead atoms. The fourth-order valence-corrected chi connectivity index (χ4v) is 2.77. The van der Waals surface area contributed by atoms with Crippen molar-refractivity contribution in [2.24, 2.45) is 5.41 Å². The highest BCUT2D eigenvalue weighted by Crippen LogP contribution is 2.21. The number of anilines is 2. The van der Waals surface area contributed by atoms with Crippen LogP contribution >= 0.6 is 0 Å². The number of hydrogen-bond acceptors (Lipinski definition) is 3. The molecule has 0 aliphatic rings. The summed E-state index contributed by atoms with van der Waals surface area (Å²) in [4.78, 5) is 12.0. The maximum atomic E-state index is 12.2. The lowest BCUT2D eigenvalue weighted by Crippen LogP contribution is -2.27. The summed E-state index contributed by atoms with van der Waals surface area (Å²) >= 11 is 0. The van der Waals surface area contributed by atoms with Crippen molar-refractivity contribution in [1.29, 1.82) is 0 Å². The molecule has 132 valence electrons. The zero-order valence-corrected chi connectivity index (χ0v) is 15.3. The number of carbonyl (C=O) groups excluding carboxylic acids is 1. The van der Waals surface area contributed by atoms with Crippen LogP contribution in [0.25, 0.3) is 6.08 Å². The van der Waals surface area contributed by atoms with Crippen molar-refractivity contribution in [3.05, 3.63) is 65.6 Å². The maximum absolute atomic E-state index is 12.2. The van der Waals surface area contributed by atoms with E-state index in [0.717, 1.165) is 11.0 Å². The van der Waals surface area contributed by atoms with Crippen LogP contribution in [0.2, 0.25) is 0 Å². The van der Waals surface area contributed by atoms with Crippen LogP contribution in [0.15, 0.2) is 60.0 Å². The van der Waals surface area contributed by atoms with Gasteiger partial charge in [0.05, 0.1) is 11.1 Å². The molecule has 0 aliphatic heterocycles. The molecule has 2 aromatic rings. The molecule has 0 radical (unpaired) electrons. The molecule has 25 heavy (non-hydrogen) atoms. The van der Waals surface area contributed by atoms with Crippen molar-refractivity contribution in [2.75, 3.05) is 10.0 Å². The molecule has 2 N–H and O–H groups in total. The number of sulfonamides is 1. The van der Waals surface area contributed by atoms with E-state index in [1.807, 2.05) is 51.1 Å². The van der Waals surface area contributed by atoms with Crippen LogP contribution in [0, 0.1) is 5.41 Å². The first-order valence-corrected chi connectivity index (χ1v) is 9.38. The van der Waals surface area contributed by atoms with E-state index in [2.05, 4.69) is 10.0 Å². The van der Waals surface area contributed by atoms with Gasteiger partial charge in [-0.05, 0) is 29.8 Å². The highest BCUT2D eigenvalue weighted by molar-refractivity contribution is 7.95. The SMILES string of the molecule is CC(C)(C)C(=O)Nc1cccc(NS(=O)(=O)/C=C/c2ccccc2)c1. The van der Waals surface area contributed by atoms with E-state index in [1.54, 1.807) is 24.3 Å². The normalized spacial score (nSPS) is 12.1. The molecule has 0 heterocycles. The maximum Gasteiger partial charge on any atom is 0.255 e. The van der Waals surface area contributed by atoms with Crippen LogP contribution in [0.1, 0.15) is 26.3 Å². The van der Waals surface area contributed by atoms with Crippen LogP contribution in [-0.2, 0) is 14.8 Å². The number of benzene rings is 2. The largest absolute Gasteiger partial charge is 0.326 e. The van der Waals surface area contributed by atoms with Crippen molar-refractivity contribution in [3.8, 4) is 0 Å². The van der Waals surface area contributed by atoms with E-state index >= 15 is 0 Å². The van der Waals surface area contributed by atoms with Gasteiger partial charge in [-0.2, -0.15) is 0 Å². The second kappa shape index (κ2) is 7.53. The number of rotatable bonds is 5. The highest BCUT2D eigenvalue weighted by Gasteiger charge is 2.21. The molecular weight excluding hydrogens is 336 g/mol. The molecule has 0 saturated carbocycles. The van der Waals surface area contributed by atoms with Crippen molar-refractivity contribution in [3.63, 3.8) is 0 Å². The third-order valence-electron chi connectivity index (χ3n) is 3.30. The lowest BCUT2D eigenvalue weighted by atomic mass is 9.95. The molecule has 0 atom stereocenters. The van der Waals surface area contributed by atoms with Gasteiger partial charge in [-0.15, -0.1) is 0 Å². The molecule has 2 rings (SSSR count). The first-order valence-electron chi connectivity index (χ1n) is 7.83. The van der Waals surface area contributed by atoms with Crippen LogP contribution in [-0.4, -0.2) is 14.3 Å². The fourth-order valence-electron chi connectivity index (χ4n) is 1.91. The Balaban J connectivity index is 2.10. The average Bonchev–Trinajstić information content (AvgIpc) is 2.53. The van der Waals surface area contributed by atoms with E-state index < -0.39 is 15.4 Å². The standard InChI is InChI=1S/C19H22N2O3S/c1-19(2,3)18(22)20-16-10-7-11-17(14-16)21-25(23,24)13-12-15-8-5-4-6-9-15/h4-14,21H,1-3H3,(H,20,22)/b13-12+. The van der Waals surface area contributed by atoms with Gasteiger partial charge >= 0.3 is 0 Å². The Morgan fingerprint density at radius 3 is 2.24 bits per heavy atom. The van der Waals surface area contributed by atoms with E-state index in [0.29, 0.717) is 11.4 Å². The minimum atomic E-state index is -3.65. The summed E-state index contributed by atoms with van der Waals surface area (Å²) < 4.78 is 26.8. The van der Waals surface area contributed by atoms with Gasteiger partial charge in [0.1, 0.15) is 0 Å². The zero-order chi connectivity index (χ0) is 18.5. The average molecular weight is 358 g/mol. The number of hydrogen-bond donors (Lipinski definition) is 2. The molecule has 0 aromatic heterocycles. The predicted octanol–water partition coefficient (Wildman–Crippen LogP) is 4.08. The fraction of sp³-hybridized carbons (Fsp3) is 0.211. The highest BCUT2D eigenvalue weighted by atomic mass is 32.2. The van der Waals surface area contributed by atoms with Gasteiger partial charge in [0.15, 0.2) is 0 Å². The van der Waals surface area contributed by atoms with Gasteiger partial charge in [0.2, 0.25) is 5.91 Å². The zero-order valence-electron chi connectivity index (χ0n) is 14.5. The van der Waals surface area contributed by atoms with E-state index in [9.17, 15) is 13.2 Å². The van der Waals surface area contributed by atoms with Crippen molar-refractivity contribution in [2.45, 2.75) is 20.8 Å². The monoisotopic (exact) mass is 358 g/mol. The van der Waals surface area contributed by atoms with Crippen LogP contribution in [0.4, 0.5) is 11.4 Å². The van der Waals surface area contributed by atoms with Gasteiger partial charge in [0, 0.05) is 11.1 Å². The molecule has 0 unspecified atom stereocenters. The van der Waals surface area contributed by atoms with Crippen molar-refractivity contribution in [1.82, 2.24) is 0 Å². The van der Waals surface area contributed by atoms with Crippen molar-refractivity contribution < 1.29 is 13.2 Å². The summed E-state index contributed by atoms with van der Waals surface area (Å²) in [6.45, 7) is 5.43. The Morgan fingerprint density at radius 2 is 1.60 bits per heavy atom. The lowest BCUT2D eigenvalue weighted by Gasteiger charge is -2.18. The van der Waals surface area contributed by atoms with E-state index in [-0.39, 0.29) is 5.91 Å². The Morgan fingerprint density at radius 1 is 0.960 bits per heavy atom. The van der Waals surface area contributed by atoms with Gasteiger partial charge in [-0.3, -0.25) is 9.52 Å². The first-order chi connectivity index (χ1) is 11.7. The minimum absolute atomic E-state index is 0.142. The number of carbonyl (C=O) groups is 1. The van der Waals surface area contributed by atoms with Gasteiger partial charge in [-0.1, -0.05) is 57.2 Å². The quantitative estimate of drug-likeness (QED) is 0.845. The van der Waals surface area contributed by atoms with Crippen LogP contribution < -0.4 is 10.0 Å². The van der Waals surface area contributed by atoms with Gasteiger partial charge < -0.3 is 5.32 Å². The molecular formula is C19H22N2O3S. The van der Waals surface area contributed by atoms with E-state index in [1.165, 1.54) is 6.08 Å². The second-order valence-electron chi connectivity index (χ2n) is 6.65. The van der Waals surface area contributed by atoms with Crippen LogP contribution in [0.5, 0.6) is 0 Å². The van der Waals surface area contributed by atoms with Gasteiger partial charge in [-0.25, -0.2) is 8.42 Å². The summed E-state index contributed by atoms with van der Waals surface area (Å²) in [6, 6.07) is 15.8. The van der Waals surface area contributed by atoms with Crippen molar-refractivity contribution >= 4 is 33.4 Å². The topological polar surface area (TPSA) is 75.3 Å². The van der Waals surface area contributed by atoms with Crippen LogP contribution in [0.3, 0.4) is 0 Å². The lowest BCUT2D eigenvalue weighted by molar-refractivity contribution is -0.123. The summed E-state index contributed by atoms with van der Waals surface area (Å²) in [6.07, 6.45) is 1.52. The first kappa shape index (κ1) is 18.7. The third kappa shape index (κ3) is 6.08. The third-order valence-corrected chi connectivity index (χ3v) is 4.32. The molecule has 2 aromatic carbocycles. The van der Waals surface area contributed by atoms with Gasteiger partial charge in [0.25, 0.3) is 10.0 Å². The molecule has 0 saturated heterocycles. The smallest absolute Gasteiger partial charge is 0.255 e. The molecule has 0 aliphatic carbocycles. The number of nitrogens with one attached hydrogen (secondary N) is 2. The summed E-state index contributed by atoms with van der Waals surface area (Å²) in [5.41, 5.74) is 1.17. The molecule has 0 fully saturated rings. The summed E-state index contributed by atoms with van der Waals surface area (Å²) in [5.74, 6) is -0.142.